The Bertz CT molecular complexity index is 904. The van der Waals surface area contributed by atoms with E-state index in [1.54, 1.807) is 12.4 Å². The quantitative estimate of drug-likeness (QED) is 0.757. The van der Waals surface area contributed by atoms with E-state index in [-0.39, 0.29) is 23.7 Å². The van der Waals surface area contributed by atoms with Gasteiger partial charge in [-0.2, -0.15) is 0 Å². The number of primary amides is 1. The van der Waals surface area contributed by atoms with Gasteiger partial charge in [-0.1, -0.05) is 52.0 Å². The first-order valence-corrected chi connectivity index (χ1v) is 8.49. The zero-order valence-corrected chi connectivity index (χ0v) is 15.1. The lowest BCUT2D eigenvalue weighted by atomic mass is 9.86. The van der Waals surface area contributed by atoms with Gasteiger partial charge >= 0.3 is 0 Å². The zero-order chi connectivity index (χ0) is 18.2. The molecule has 1 atom stereocenters. The van der Waals surface area contributed by atoms with Crippen molar-refractivity contribution in [3.8, 4) is 11.3 Å². The molecule has 1 amide bonds. The summed E-state index contributed by atoms with van der Waals surface area (Å²) in [6.45, 7) is 8.58. The van der Waals surface area contributed by atoms with Gasteiger partial charge in [-0.15, -0.1) is 0 Å². The largest absolute Gasteiger partial charge is 0.370 e. The molecule has 3 aromatic rings. The Labute approximate surface area is 147 Å². The van der Waals surface area contributed by atoms with Crippen LogP contribution in [0.2, 0.25) is 0 Å². The van der Waals surface area contributed by atoms with Crippen LogP contribution in [0.25, 0.3) is 22.4 Å². The lowest BCUT2D eigenvalue weighted by Crippen LogP contribution is -2.14. The topological polar surface area (TPSA) is 84.7 Å². The van der Waals surface area contributed by atoms with Crippen LogP contribution >= 0.6 is 0 Å². The number of rotatable bonds is 4. The number of aromatic nitrogens is 3. The first kappa shape index (κ1) is 17.1. The fourth-order valence-electron chi connectivity index (χ4n) is 3.18. The van der Waals surface area contributed by atoms with Crippen molar-refractivity contribution in [3.05, 3.63) is 47.8 Å². The molecule has 2 heterocycles. The standard InChI is InChI=1S/C20H24N4O/c1-12(11-15(21)25)16-17(24-19-18(16)22-9-10-23-19)13-5-7-14(8-6-13)20(2,3)4/h5-10,12H,11H2,1-4H3,(H2,21,25)(H,23,24). The molecule has 130 valence electrons. The summed E-state index contributed by atoms with van der Waals surface area (Å²) >= 11 is 0. The molecule has 25 heavy (non-hydrogen) atoms. The molecule has 0 saturated heterocycles. The van der Waals surface area contributed by atoms with Crippen LogP contribution in [0.1, 0.15) is 51.2 Å². The van der Waals surface area contributed by atoms with Crippen LogP contribution < -0.4 is 5.73 Å². The highest BCUT2D eigenvalue weighted by Gasteiger charge is 2.22. The van der Waals surface area contributed by atoms with Crippen molar-refractivity contribution in [1.82, 2.24) is 15.0 Å². The molecule has 0 aliphatic carbocycles. The predicted molar refractivity (Wildman–Crippen MR) is 100 cm³/mol. The molecule has 2 aromatic heterocycles. The van der Waals surface area contributed by atoms with Crippen LogP contribution in [0.15, 0.2) is 36.7 Å². The number of benzene rings is 1. The average molecular weight is 336 g/mol. The second-order valence-corrected chi connectivity index (χ2v) is 7.57. The number of amides is 1. The summed E-state index contributed by atoms with van der Waals surface area (Å²) < 4.78 is 0. The third-order valence-electron chi connectivity index (χ3n) is 4.51. The number of carbonyl (C=O) groups is 1. The van der Waals surface area contributed by atoms with Gasteiger partial charge in [-0.05, 0) is 22.5 Å². The van der Waals surface area contributed by atoms with E-state index in [0.717, 1.165) is 28.0 Å². The number of carbonyl (C=O) groups excluding carboxylic acids is 1. The molecular formula is C20H24N4O. The normalized spacial score (nSPS) is 13.1. The summed E-state index contributed by atoms with van der Waals surface area (Å²) in [4.78, 5) is 23.6. The molecule has 0 bridgehead atoms. The number of nitrogens with one attached hydrogen (secondary N) is 1. The van der Waals surface area contributed by atoms with E-state index in [4.69, 9.17) is 5.73 Å². The summed E-state index contributed by atoms with van der Waals surface area (Å²) in [6.07, 6.45) is 3.60. The maximum absolute atomic E-state index is 11.4. The summed E-state index contributed by atoms with van der Waals surface area (Å²) in [6, 6.07) is 8.49. The zero-order valence-electron chi connectivity index (χ0n) is 15.1. The molecule has 0 saturated carbocycles. The summed E-state index contributed by atoms with van der Waals surface area (Å²) in [5.41, 5.74) is 11.3. The summed E-state index contributed by atoms with van der Waals surface area (Å²) in [5, 5.41) is 0. The molecule has 3 N–H and O–H groups in total. The second-order valence-electron chi connectivity index (χ2n) is 7.57. The van der Waals surface area contributed by atoms with Gasteiger partial charge in [0.15, 0.2) is 5.65 Å². The van der Waals surface area contributed by atoms with Crippen molar-refractivity contribution in [2.75, 3.05) is 0 Å². The third-order valence-corrected chi connectivity index (χ3v) is 4.51. The van der Waals surface area contributed by atoms with Gasteiger partial charge in [-0.25, -0.2) is 4.98 Å². The van der Waals surface area contributed by atoms with E-state index in [0.29, 0.717) is 0 Å². The van der Waals surface area contributed by atoms with Crippen LogP contribution in [-0.2, 0) is 10.2 Å². The molecular weight excluding hydrogens is 312 g/mol. The van der Waals surface area contributed by atoms with Gasteiger partial charge < -0.3 is 10.7 Å². The number of hydrogen-bond acceptors (Lipinski definition) is 3. The Morgan fingerprint density at radius 2 is 1.80 bits per heavy atom. The molecule has 0 aliphatic rings. The Balaban J connectivity index is 2.13. The van der Waals surface area contributed by atoms with E-state index in [1.165, 1.54) is 5.56 Å². The molecule has 3 rings (SSSR count). The Hall–Kier alpha value is -2.69. The van der Waals surface area contributed by atoms with Gasteiger partial charge in [0.25, 0.3) is 0 Å². The number of fused-ring (bicyclic) bond motifs is 1. The molecule has 1 aromatic carbocycles. The molecule has 5 nitrogen and oxygen atoms in total. The maximum Gasteiger partial charge on any atom is 0.218 e. The average Bonchev–Trinajstić information content (AvgIpc) is 2.93. The van der Waals surface area contributed by atoms with Crippen LogP contribution in [0, 0.1) is 0 Å². The first-order valence-electron chi connectivity index (χ1n) is 8.49. The highest BCUT2D eigenvalue weighted by atomic mass is 16.1. The SMILES string of the molecule is CC(CC(N)=O)c1c(-c2ccc(C(C)(C)C)cc2)[nH]c2nccnc12. The molecule has 1 unspecified atom stereocenters. The highest BCUT2D eigenvalue weighted by Crippen LogP contribution is 2.36. The Morgan fingerprint density at radius 3 is 2.40 bits per heavy atom. The Morgan fingerprint density at radius 1 is 1.16 bits per heavy atom. The monoisotopic (exact) mass is 336 g/mol. The van der Waals surface area contributed by atoms with Crippen molar-refractivity contribution in [3.63, 3.8) is 0 Å². The minimum atomic E-state index is -0.320. The van der Waals surface area contributed by atoms with Gasteiger partial charge in [0, 0.05) is 24.4 Å². The van der Waals surface area contributed by atoms with Crippen molar-refractivity contribution >= 4 is 17.1 Å². The van der Waals surface area contributed by atoms with Crippen molar-refractivity contribution in [1.29, 1.82) is 0 Å². The fraction of sp³-hybridized carbons (Fsp3) is 0.350. The minimum Gasteiger partial charge on any atom is -0.370 e. The van der Waals surface area contributed by atoms with E-state index in [9.17, 15) is 4.79 Å². The molecule has 5 heteroatoms. The number of aromatic amines is 1. The van der Waals surface area contributed by atoms with E-state index < -0.39 is 0 Å². The molecule has 0 fully saturated rings. The molecule has 0 aliphatic heterocycles. The van der Waals surface area contributed by atoms with Gasteiger partial charge in [0.1, 0.15) is 5.52 Å². The number of nitrogens with zero attached hydrogens (tertiary/aromatic N) is 2. The highest BCUT2D eigenvalue weighted by molar-refractivity contribution is 5.87. The van der Waals surface area contributed by atoms with Gasteiger partial charge in [-0.3, -0.25) is 9.78 Å². The van der Waals surface area contributed by atoms with Crippen molar-refractivity contribution in [2.24, 2.45) is 5.73 Å². The third kappa shape index (κ3) is 3.40. The van der Waals surface area contributed by atoms with Crippen LogP contribution in [0.5, 0.6) is 0 Å². The first-order chi connectivity index (χ1) is 11.8. The van der Waals surface area contributed by atoms with Gasteiger partial charge in [0.2, 0.25) is 5.91 Å². The van der Waals surface area contributed by atoms with E-state index >= 15 is 0 Å². The Kier molecular flexibility index (Phi) is 4.33. The lowest BCUT2D eigenvalue weighted by Gasteiger charge is -2.19. The number of hydrogen-bond donors (Lipinski definition) is 2. The van der Waals surface area contributed by atoms with E-state index in [2.05, 4.69) is 60.0 Å². The smallest absolute Gasteiger partial charge is 0.218 e. The summed E-state index contributed by atoms with van der Waals surface area (Å²) in [5.74, 6) is -0.361. The van der Waals surface area contributed by atoms with Crippen LogP contribution in [0.4, 0.5) is 0 Å². The second kappa shape index (κ2) is 6.31. The van der Waals surface area contributed by atoms with Gasteiger partial charge in [0.05, 0.1) is 5.69 Å². The van der Waals surface area contributed by atoms with Crippen LogP contribution in [-0.4, -0.2) is 20.9 Å². The predicted octanol–water partition coefficient (Wildman–Crippen LogP) is 3.90. The molecule has 0 spiro atoms. The lowest BCUT2D eigenvalue weighted by molar-refractivity contribution is -0.118. The van der Waals surface area contributed by atoms with Crippen molar-refractivity contribution in [2.45, 2.75) is 45.4 Å². The number of nitrogens with two attached hydrogens (primary N) is 1. The fourth-order valence-corrected chi connectivity index (χ4v) is 3.18. The summed E-state index contributed by atoms with van der Waals surface area (Å²) in [7, 11) is 0. The minimum absolute atomic E-state index is 0.0414. The maximum atomic E-state index is 11.4. The van der Waals surface area contributed by atoms with E-state index in [1.807, 2.05) is 6.92 Å². The van der Waals surface area contributed by atoms with Crippen LogP contribution in [0.3, 0.4) is 0 Å². The molecule has 0 radical (unpaired) electrons. The number of H-pyrrole nitrogens is 1. The van der Waals surface area contributed by atoms with Crippen molar-refractivity contribution < 1.29 is 4.79 Å².